The summed E-state index contributed by atoms with van der Waals surface area (Å²) in [6.07, 6.45) is -4.91. The van der Waals surface area contributed by atoms with Crippen LogP contribution in [0.25, 0.3) is 0 Å². The summed E-state index contributed by atoms with van der Waals surface area (Å²) in [5.74, 6) is 0.720. The number of carbonyl (C=O) groups excluding carboxylic acids is 1. The average molecular weight is 394 g/mol. The minimum atomic E-state index is -4.52. The van der Waals surface area contributed by atoms with Crippen LogP contribution >= 0.6 is 0 Å². The Labute approximate surface area is 161 Å². The molecule has 0 radical (unpaired) electrons. The first kappa shape index (κ1) is 20.0. The Kier molecular flexibility index (Phi) is 5.76. The fraction of sp³-hybridized carbons (Fsp3) is 0.400. The van der Waals surface area contributed by atoms with Gasteiger partial charge in [0.2, 0.25) is 5.88 Å². The maximum atomic E-state index is 12.7. The largest absolute Gasteiger partial charge is 0.484 e. The third-order valence-electron chi connectivity index (χ3n) is 4.41. The Bertz CT molecular complexity index is 816. The maximum Gasteiger partial charge on any atom is 0.433 e. The molecule has 0 N–H and O–H groups in total. The van der Waals surface area contributed by atoms with E-state index in [0.29, 0.717) is 11.7 Å². The molecule has 0 unspecified atom stereocenters. The van der Waals surface area contributed by atoms with Gasteiger partial charge >= 0.3 is 6.18 Å². The van der Waals surface area contributed by atoms with Crippen LogP contribution < -0.4 is 9.47 Å². The summed E-state index contributed by atoms with van der Waals surface area (Å²) in [4.78, 5) is 17.1. The number of hydrogen-bond donors (Lipinski definition) is 0. The molecule has 1 aliphatic rings. The number of amides is 1. The molecule has 2 aromatic rings. The Hall–Kier alpha value is -2.77. The maximum absolute atomic E-state index is 12.7. The quantitative estimate of drug-likeness (QED) is 0.746. The Morgan fingerprint density at radius 2 is 1.86 bits per heavy atom. The zero-order valence-corrected chi connectivity index (χ0v) is 15.6. The highest BCUT2D eigenvalue weighted by molar-refractivity contribution is 5.78. The molecule has 0 atom stereocenters. The van der Waals surface area contributed by atoms with Gasteiger partial charge in [0.25, 0.3) is 5.91 Å². The molecule has 3 rings (SSSR count). The van der Waals surface area contributed by atoms with Gasteiger partial charge in [-0.25, -0.2) is 4.98 Å². The Morgan fingerprint density at radius 3 is 2.46 bits per heavy atom. The van der Waals surface area contributed by atoms with Crippen LogP contribution in [0.3, 0.4) is 0 Å². The van der Waals surface area contributed by atoms with E-state index in [1.807, 2.05) is 24.3 Å². The topological polar surface area (TPSA) is 51.7 Å². The third-order valence-corrected chi connectivity index (χ3v) is 4.41. The standard InChI is InChI=1S/C20H21F3N2O3/c1-13(2)14-6-8-15(9-7-14)27-12-19(26)25-10-16(11-25)28-18-5-3-4-17(24-18)20(21,22)23/h3-9,13,16H,10-12H2,1-2H3. The van der Waals surface area contributed by atoms with Crippen molar-refractivity contribution in [2.75, 3.05) is 19.7 Å². The number of hydrogen-bond acceptors (Lipinski definition) is 4. The van der Waals surface area contributed by atoms with Gasteiger partial charge in [0, 0.05) is 6.07 Å². The molecule has 0 bridgehead atoms. The molecule has 2 heterocycles. The molecule has 1 saturated heterocycles. The highest BCUT2D eigenvalue weighted by atomic mass is 19.4. The minimum Gasteiger partial charge on any atom is -0.484 e. The van der Waals surface area contributed by atoms with E-state index in [1.165, 1.54) is 22.6 Å². The predicted octanol–water partition coefficient (Wildman–Crippen LogP) is 3.89. The van der Waals surface area contributed by atoms with E-state index in [1.54, 1.807) is 0 Å². The fourth-order valence-electron chi connectivity index (χ4n) is 2.71. The predicted molar refractivity (Wildman–Crippen MR) is 96.3 cm³/mol. The van der Waals surface area contributed by atoms with Crippen LogP contribution in [-0.4, -0.2) is 41.6 Å². The summed E-state index contributed by atoms with van der Waals surface area (Å²) in [5, 5.41) is 0. The number of alkyl halides is 3. The Morgan fingerprint density at radius 1 is 1.18 bits per heavy atom. The summed E-state index contributed by atoms with van der Waals surface area (Å²) in [6.45, 7) is 4.65. The zero-order chi connectivity index (χ0) is 20.3. The van der Waals surface area contributed by atoms with E-state index in [0.717, 1.165) is 6.07 Å². The van der Waals surface area contributed by atoms with Gasteiger partial charge in [-0.2, -0.15) is 13.2 Å². The van der Waals surface area contributed by atoms with Crippen LogP contribution in [-0.2, 0) is 11.0 Å². The number of pyridine rings is 1. The molecule has 1 amide bonds. The molecule has 0 saturated carbocycles. The van der Waals surface area contributed by atoms with Crippen molar-refractivity contribution in [3.05, 3.63) is 53.7 Å². The van der Waals surface area contributed by atoms with Gasteiger partial charge in [0.15, 0.2) is 6.61 Å². The normalized spacial score (nSPS) is 14.7. The van der Waals surface area contributed by atoms with Gasteiger partial charge in [0.1, 0.15) is 17.5 Å². The average Bonchev–Trinajstić information content (AvgIpc) is 2.62. The molecule has 1 aliphatic heterocycles. The molecular weight excluding hydrogens is 373 g/mol. The van der Waals surface area contributed by atoms with Gasteiger partial charge in [-0.1, -0.05) is 32.0 Å². The van der Waals surface area contributed by atoms with Crippen molar-refractivity contribution in [1.82, 2.24) is 9.88 Å². The van der Waals surface area contributed by atoms with Crippen molar-refractivity contribution in [1.29, 1.82) is 0 Å². The number of likely N-dealkylation sites (tertiary alicyclic amines) is 1. The van der Waals surface area contributed by atoms with Crippen LogP contribution in [0, 0.1) is 0 Å². The molecule has 8 heteroatoms. The lowest BCUT2D eigenvalue weighted by Crippen LogP contribution is -2.57. The van der Waals surface area contributed by atoms with Crippen molar-refractivity contribution in [2.45, 2.75) is 32.0 Å². The fourth-order valence-corrected chi connectivity index (χ4v) is 2.71. The lowest BCUT2D eigenvalue weighted by Gasteiger charge is -2.38. The second kappa shape index (κ2) is 8.08. The summed E-state index contributed by atoms with van der Waals surface area (Å²) >= 11 is 0. The number of rotatable bonds is 6. The van der Waals surface area contributed by atoms with Gasteiger partial charge in [-0.3, -0.25) is 4.79 Å². The first-order valence-corrected chi connectivity index (χ1v) is 8.94. The second-order valence-electron chi connectivity index (χ2n) is 6.91. The number of halogens is 3. The molecular formula is C20H21F3N2O3. The van der Waals surface area contributed by atoms with E-state index >= 15 is 0 Å². The molecule has 0 aliphatic carbocycles. The van der Waals surface area contributed by atoms with Crippen molar-refractivity contribution in [2.24, 2.45) is 0 Å². The summed E-state index contributed by atoms with van der Waals surface area (Å²) in [5.41, 5.74) is 0.179. The highest BCUT2D eigenvalue weighted by Gasteiger charge is 2.35. The monoisotopic (exact) mass is 394 g/mol. The van der Waals surface area contributed by atoms with Crippen molar-refractivity contribution < 1.29 is 27.4 Å². The third kappa shape index (κ3) is 4.94. The van der Waals surface area contributed by atoms with Crippen LogP contribution in [0.5, 0.6) is 11.6 Å². The number of carbonyl (C=O) groups is 1. The molecule has 1 aromatic carbocycles. The van der Waals surface area contributed by atoms with E-state index in [4.69, 9.17) is 9.47 Å². The van der Waals surface area contributed by atoms with Crippen LogP contribution in [0.2, 0.25) is 0 Å². The zero-order valence-electron chi connectivity index (χ0n) is 15.6. The SMILES string of the molecule is CC(C)c1ccc(OCC(=O)N2CC(Oc3cccc(C(F)(F)F)n3)C2)cc1. The minimum absolute atomic E-state index is 0.102. The van der Waals surface area contributed by atoms with Gasteiger partial charge in [-0.05, 0) is 29.7 Å². The van der Waals surface area contributed by atoms with Crippen LogP contribution in [0.1, 0.15) is 31.0 Å². The lowest BCUT2D eigenvalue weighted by atomic mass is 10.0. The molecule has 1 aromatic heterocycles. The summed E-state index contributed by atoms with van der Waals surface area (Å²) in [6, 6.07) is 11.1. The molecule has 150 valence electrons. The first-order valence-electron chi connectivity index (χ1n) is 8.94. The first-order chi connectivity index (χ1) is 13.2. The van der Waals surface area contributed by atoms with Crippen molar-refractivity contribution in [3.63, 3.8) is 0 Å². The van der Waals surface area contributed by atoms with E-state index in [2.05, 4.69) is 18.8 Å². The molecule has 28 heavy (non-hydrogen) atoms. The second-order valence-corrected chi connectivity index (χ2v) is 6.91. The molecule has 0 spiro atoms. The number of ether oxygens (including phenoxy) is 2. The van der Waals surface area contributed by atoms with Gasteiger partial charge in [0.05, 0.1) is 13.1 Å². The number of aromatic nitrogens is 1. The summed E-state index contributed by atoms with van der Waals surface area (Å²) < 4.78 is 48.9. The smallest absolute Gasteiger partial charge is 0.433 e. The lowest BCUT2D eigenvalue weighted by molar-refractivity contribution is -0.143. The summed E-state index contributed by atoms with van der Waals surface area (Å²) in [7, 11) is 0. The molecule has 1 fully saturated rings. The van der Waals surface area contributed by atoms with E-state index < -0.39 is 11.9 Å². The highest BCUT2D eigenvalue weighted by Crippen LogP contribution is 2.29. The van der Waals surface area contributed by atoms with Crippen LogP contribution in [0.15, 0.2) is 42.5 Å². The van der Waals surface area contributed by atoms with Crippen LogP contribution in [0.4, 0.5) is 13.2 Å². The van der Waals surface area contributed by atoms with Crippen molar-refractivity contribution in [3.8, 4) is 11.6 Å². The van der Waals surface area contributed by atoms with Gasteiger partial charge in [-0.15, -0.1) is 0 Å². The van der Waals surface area contributed by atoms with E-state index in [-0.39, 0.29) is 37.6 Å². The number of benzene rings is 1. The van der Waals surface area contributed by atoms with Gasteiger partial charge < -0.3 is 14.4 Å². The Balaban J connectivity index is 1.44. The van der Waals surface area contributed by atoms with Crippen molar-refractivity contribution >= 4 is 5.91 Å². The number of nitrogens with zero attached hydrogens (tertiary/aromatic N) is 2. The molecule has 5 nitrogen and oxygen atoms in total. The van der Waals surface area contributed by atoms with E-state index in [9.17, 15) is 18.0 Å².